The number of rotatable bonds is 7. The third-order valence-electron chi connectivity index (χ3n) is 3.83. The molecule has 1 rings (SSSR count). The third kappa shape index (κ3) is 4.41. The summed E-state index contributed by atoms with van der Waals surface area (Å²) in [6.45, 7) is 5.21. The number of carbonyl (C=O) groups excluding carboxylic acids is 1. The molecule has 0 heterocycles. The number of benzene rings is 1. The lowest BCUT2D eigenvalue weighted by Crippen LogP contribution is -2.51. The largest absolute Gasteiger partial charge is 0.490 e. The van der Waals surface area contributed by atoms with Gasteiger partial charge in [-0.15, -0.1) is 0 Å². The highest BCUT2D eigenvalue weighted by Crippen LogP contribution is 2.28. The Bertz CT molecular complexity index is 628. The van der Waals surface area contributed by atoms with E-state index >= 15 is 0 Å². The van der Waals surface area contributed by atoms with E-state index in [4.69, 9.17) is 9.84 Å². The van der Waals surface area contributed by atoms with Crippen molar-refractivity contribution in [3.05, 3.63) is 33.9 Å². The van der Waals surface area contributed by atoms with Gasteiger partial charge in [0.1, 0.15) is 0 Å². The third-order valence-corrected chi connectivity index (χ3v) is 3.83. The Morgan fingerprint density at radius 3 is 2.48 bits per heavy atom. The van der Waals surface area contributed by atoms with Crippen molar-refractivity contribution in [2.24, 2.45) is 5.92 Å². The van der Waals surface area contributed by atoms with Gasteiger partial charge in [-0.3, -0.25) is 19.7 Å². The number of hydrogen-bond acceptors (Lipinski definition) is 5. The van der Waals surface area contributed by atoms with Gasteiger partial charge in [-0.25, -0.2) is 0 Å². The van der Waals surface area contributed by atoms with Gasteiger partial charge in [0.25, 0.3) is 5.91 Å². The molecule has 0 aliphatic rings. The van der Waals surface area contributed by atoms with Gasteiger partial charge in [0.15, 0.2) is 5.75 Å². The number of carbonyl (C=O) groups is 2. The first kappa shape index (κ1) is 18.4. The first-order chi connectivity index (χ1) is 10.6. The maximum Gasteiger partial charge on any atom is 0.311 e. The lowest BCUT2D eigenvalue weighted by atomic mass is 9.85. The molecule has 2 N–H and O–H groups in total. The number of nitrogens with one attached hydrogen (secondary N) is 1. The average molecular weight is 324 g/mol. The maximum atomic E-state index is 12.4. The topological polar surface area (TPSA) is 119 Å². The Hall–Kier alpha value is -2.64. The zero-order valence-electron chi connectivity index (χ0n) is 13.5. The van der Waals surface area contributed by atoms with E-state index < -0.39 is 22.3 Å². The molecule has 0 aromatic heterocycles. The van der Waals surface area contributed by atoms with Crippen LogP contribution in [0, 0.1) is 16.0 Å². The Morgan fingerprint density at radius 2 is 2.04 bits per heavy atom. The summed E-state index contributed by atoms with van der Waals surface area (Å²) >= 11 is 0. The molecule has 0 bridgehead atoms. The maximum absolute atomic E-state index is 12.4. The zero-order valence-corrected chi connectivity index (χ0v) is 13.5. The normalized spacial score (nSPS) is 13.3. The Balaban J connectivity index is 3.11. The summed E-state index contributed by atoms with van der Waals surface area (Å²) in [7, 11) is 1.30. The predicted molar refractivity (Wildman–Crippen MR) is 82.6 cm³/mol. The fourth-order valence-corrected chi connectivity index (χ4v) is 2.01. The van der Waals surface area contributed by atoms with Crippen LogP contribution in [0.25, 0.3) is 0 Å². The molecule has 23 heavy (non-hydrogen) atoms. The molecule has 8 nitrogen and oxygen atoms in total. The Kier molecular flexibility index (Phi) is 5.67. The van der Waals surface area contributed by atoms with E-state index in [2.05, 4.69) is 5.32 Å². The van der Waals surface area contributed by atoms with E-state index in [1.807, 2.05) is 0 Å². The highest BCUT2D eigenvalue weighted by Gasteiger charge is 2.33. The van der Waals surface area contributed by atoms with Crippen LogP contribution in [-0.4, -0.2) is 34.6 Å². The van der Waals surface area contributed by atoms with Gasteiger partial charge < -0.3 is 15.2 Å². The van der Waals surface area contributed by atoms with E-state index in [0.717, 1.165) is 6.07 Å². The second-order valence-electron chi connectivity index (χ2n) is 5.74. The molecule has 1 unspecified atom stereocenters. The first-order valence-electron chi connectivity index (χ1n) is 6.97. The van der Waals surface area contributed by atoms with E-state index in [-0.39, 0.29) is 29.3 Å². The molecule has 0 saturated heterocycles. The second-order valence-corrected chi connectivity index (χ2v) is 5.74. The summed E-state index contributed by atoms with van der Waals surface area (Å²) in [4.78, 5) is 33.7. The fraction of sp³-hybridized carbons (Fsp3) is 0.467. The standard InChI is InChI=1S/C15H20N2O6/c1-9(2)15(3,8-13(18)19)16-14(20)10-5-6-12(23-4)11(7-10)17(21)22/h5-7,9H,8H2,1-4H3,(H,16,20)(H,18,19). The number of nitro groups is 1. The van der Waals surface area contributed by atoms with Crippen LogP contribution >= 0.6 is 0 Å². The van der Waals surface area contributed by atoms with Gasteiger partial charge in [-0.05, 0) is 25.0 Å². The lowest BCUT2D eigenvalue weighted by Gasteiger charge is -2.33. The smallest absolute Gasteiger partial charge is 0.311 e. The molecule has 1 atom stereocenters. The quantitative estimate of drug-likeness (QED) is 0.586. The molecule has 126 valence electrons. The van der Waals surface area contributed by atoms with Crippen molar-refractivity contribution in [2.45, 2.75) is 32.7 Å². The van der Waals surface area contributed by atoms with Crippen LogP contribution in [0.3, 0.4) is 0 Å². The first-order valence-corrected chi connectivity index (χ1v) is 6.97. The van der Waals surface area contributed by atoms with Gasteiger partial charge >= 0.3 is 11.7 Å². The number of carboxylic acids is 1. The summed E-state index contributed by atoms with van der Waals surface area (Å²) < 4.78 is 4.88. The molecule has 1 aromatic carbocycles. The van der Waals surface area contributed by atoms with Crippen molar-refractivity contribution >= 4 is 17.6 Å². The SMILES string of the molecule is COc1ccc(C(=O)NC(C)(CC(=O)O)C(C)C)cc1[N+](=O)[O-]. The number of nitrogens with zero attached hydrogens (tertiary/aromatic N) is 1. The molecule has 0 saturated carbocycles. The molecular formula is C15H20N2O6. The summed E-state index contributed by atoms with van der Waals surface area (Å²) in [5.74, 6) is -1.71. The van der Waals surface area contributed by atoms with Gasteiger partial charge in [-0.2, -0.15) is 0 Å². The number of amides is 1. The Labute approximate surface area is 133 Å². The second kappa shape index (κ2) is 7.08. The van der Waals surface area contributed by atoms with Crippen LogP contribution < -0.4 is 10.1 Å². The summed E-state index contributed by atoms with van der Waals surface area (Å²) in [6.07, 6.45) is -0.255. The van der Waals surface area contributed by atoms with Crippen molar-refractivity contribution in [2.75, 3.05) is 7.11 Å². The van der Waals surface area contributed by atoms with Crippen LogP contribution in [0.4, 0.5) is 5.69 Å². The molecule has 0 aliphatic heterocycles. The number of carboxylic acid groups (broad SMARTS) is 1. The summed E-state index contributed by atoms with van der Waals surface area (Å²) in [5, 5.41) is 22.7. The van der Waals surface area contributed by atoms with Crippen LogP contribution in [0.5, 0.6) is 5.75 Å². The highest BCUT2D eigenvalue weighted by atomic mass is 16.6. The average Bonchev–Trinajstić information content (AvgIpc) is 2.45. The summed E-state index contributed by atoms with van der Waals surface area (Å²) in [6, 6.07) is 3.83. The molecule has 0 aliphatic carbocycles. The van der Waals surface area contributed by atoms with E-state index in [9.17, 15) is 19.7 Å². The van der Waals surface area contributed by atoms with Crippen LogP contribution in [-0.2, 0) is 4.79 Å². The number of aliphatic carboxylic acids is 1. The van der Waals surface area contributed by atoms with Crippen molar-refractivity contribution in [3.63, 3.8) is 0 Å². The van der Waals surface area contributed by atoms with Crippen LogP contribution in [0.15, 0.2) is 18.2 Å². The van der Waals surface area contributed by atoms with Gasteiger partial charge in [-0.1, -0.05) is 13.8 Å². The fourth-order valence-electron chi connectivity index (χ4n) is 2.01. The van der Waals surface area contributed by atoms with E-state index in [1.165, 1.54) is 19.2 Å². The zero-order chi connectivity index (χ0) is 17.8. The highest BCUT2D eigenvalue weighted by molar-refractivity contribution is 5.96. The molecule has 8 heteroatoms. The minimum absolute atomic E-state index is 0.0451. The summed E-state index contributed by atoms with van der Waals surface area (Å²) in [5.41, 5.74) is -1.24. The number of methoxy groups -OCH3 is 1. The number of nitro benzene ring substituents is 1. The molecule has 0 spiro atoms. The molecule has 0 fully saturated rings. The monoisotopic (exact) mass is 324 g/mol. The van der Waals surface area contributed by atoms with Crippen molar-refractivity contribution in [1.82, 2.24) is 5.32 Å². The lowest BCUT2D eigenvalue weighted by molar-refractivity contribution is -0.385. The number of ether oxygens (including phenoxy) is 1. The number of hydrogen-bond donors (Lipinski definition) is 2. The Morgan fingerprint density at radius 1 is 1.43 bits per heavy atom. The van der Waals surface area contributed by atoms with Crippen molar-refractivity contribution < 1.29 is 24.4 Å². The van der Waals surface area contributed by atoms with Gasteiger partial charge in [0.2, 0.25) is 0 Å². The van der Waals surface area contributed by atoms with E-state index in [0.29, 0.717) is 0 Å². The molecule has 1 amide bonds. The minimum Gasteiger partial charge on any atom is -0.490 e. The minimum atomic E-state index is -1.04. The van der Waals surface area contributed by atoms with E-state index in [1.54, 1.807) is 20.8 Å². The van der Waals surface area contributed by atoms with Crippen molar-refractivity contribution in [1.29, 1.82) is 0 Å². The molecule has 1 aromatic rings. The molecule has 0 radical (unpaired) electrons. The molecular weight excluding hydrogens is 304 g/mol. The van der Waals surface area contributed by atoms with Crippen LogP contribution in [0.2, 0.25) is 0 Å². The van der Waals surface area contributed by atoms with Crippen molar-refractivity contribution in [3.8, 4) is 5.75 Å². The van der Waals surface area contributed by atoms with Gasteiger partial charge in [0.05, 0.1) is 24.0 Å². The predicted octanol–water partition coefficient (Wildman–Crippen LogP) is 2.22. The van der Waals surface area contributed by atoms with Crippen LogP contribution in [0.1, 0.15) is 37.6 Å². The van der Waals surface area contributed by atoms with Gasteiger partial charge in [0, 0.05) is 11.6 Å².